The third-order valence-corrected chi connectivity index (χ3v) is 6.91. The summed E-state index contributed by atoms with van der Waals surface area (Å²) in [4.78, 5) is 56.2. The van der Waals surface area contributed by atoms with E-state index in [9.17, 15) is 24.3 Å². The van der Waals surface area contributed by atoms with Crippen molar-refractivity contribution in [2.45, 2.75) is 44.0 Å². The number of nitrogens with zero attached hydrogens (tertiary/aromatic N) is 1. The monoisotopic (exact) mass is 568 g/mol. The number of halogens is 1. The number of ketones is 1. The van der Waals surface area contributed by atoms with Crippen LogP contribution in [-0.4, -0.2) is 90.6 Å². The fourth-order valence-corrected chi connectivity index (χ4v) is 4.25. The number of aliphatic hydroxyl groups is 1. The Bertz CT molecular complexity index is 1100. The number of amides is 3. The number of hydrogen-bond acceptors (Lipinski definition) is 9. The largest absolute Gasteiger partial charge is 0.382 e. The van der Waals surface area contributed by atoms with Crippen molar-refractivity contribution in [3.63, 3.8) is 0 Å². The number of Topliss-reactive ketones (excluding diaryl/α,β-unsaturated/α-hetero) is 1. The smallest absolute Gasteiger partial charge is 0.263 e. The van der Waals surface area contributed by atoms with Gasteiger partial charge in [-0.2, -0.15) is 0 Å². The van der Waals surface area contributed by atoms with Crippen molar-refractivity contribution in [3.05, 3.63) is 52.0 Å². The number of methoxy groups -OCH3 is 2. The molecule has 2 rings (SSSR count). The lowest BCUT2D eigenvalue weighted by molar-refractivity contribution is -0.139. The molecule has 4 atom stereocenters. The van der Waals surface area contributed by atoms with Crippen molar-refractivity contribution in [2.75, 3.05) is 33.3 Å². The number of ether oxygens (including phenoxy) is 2. The molecular formula is C25H33ClN4O7S. The first-order chi connectivity index (χ1) is 18.0. The first-order valence-electron chi connectivity index (χ1n) is 11.7. The summed E-state index contributed by atoms with van der Waals surface area (Å²) in [5.41, 5.74) is -1.15. The van der Waals surface area contributed by atoms with Crippen LogP contribution in [0.1, 0.15) is 27.2 Å². The summed E-state index contributed by atoms with van der Waals surface area (Å²) in [5, 5.41) is 18.9. The lowest BCUT2D eigenvalue weighted by Crippen LogP contribution is -2.60. The normalized spacial score (nSPS) is 15.0. The van der Waals surface area contributed by atoms with Crippen LogP contribution in [0.5, 0.6) is 0 Å². The summed E-state index contributed by atoms with van der Waals surface area (Å²) in [6, 6.07) is 5.44. The molecule has 1 aromatic heterocycles. The molecule has 0 radical (unpaired) electrons. The summed E-state index contributed by atoms with van der Waals surface area (Å²) < 4.78 is 10.2. The molecule has 0 saturated heterocycles. The number of alkyl halides is 1. The average Bonchev–Trinajstić information content (AvgIpc) is 3.34. The van der Waals surface area contributed by atoms with E-state index >= 15 is 0 Å². The number of nitrogens with one attached hydrogen (secondary N) is 3. The summed E-state index contributed by atoms with van der Waals surface area (Å²) >= 11 is 6.96. The summed E-state index contributed by atoms with van der Waals surface area (Å²) in [7, 11) is 2.71. The molecule has 13 heteroatoms. The molecular weight excluding hydrogens is 536 g/mol. The predicted octanol–water partition coefficient (Wildman–Crippen LogP) is 0.614. The number of hydrogen-bond donors (Lipinski definition) is 4. The van der Waals surface area contributed by atoms with Gasteiger partial charge < -0.3 is 30.5 Å². The van der Waals surface area contributed by atoms with Crippen molar-refractivity contribution in [1.82, 2.24) is 20.9 Å². The maximum atomic E-state index is 13.2. The highest BCUT2D eigenvalue weighted by Gasteiger charge is 2.37. The van der Waals surface area contributed by atoms with E-state index in [0.717, 1.165) is 5.56 Å². The predicted molar refractivity (Wildman–Crippen MR) is 142 cm³/mol. The first-order valence-corrected chi connectivity index (χ1v) is 13.1. The van der Waals surface area contributed by atoms with Crippen LogP contribution in [0.25, 0.3) is 0 Å². The topological polar surface area (TPSA) is 156 Å². The maximum Gasteiger partial charge on any atom is 0.263 e. The van der Waals surface area contributed by atoms with Crippen LogP contribution in [0.2, 0.25) is 0 Å². The molecule has 0 fully saturated rings. The van der Waals surface area contributed by atoms with Crippen molar-refractivity contribution in [1.29, 1.82) is 0 Å². The number of thiazole rings is 1. The fraction of sp³-hybridized carbons (Fsp3) is 0.480. The van der Waals surface area contributed by atoms with Crippen molar-refractivity contribution in [2.24, 2.45) is 0 Å². The Morgan fingerprint density at radius 1 is 1.00 bits per heavy atom. The summed E-state index contributed by atoms with van der Waals surface area (Å²) in [6.45, 7) is 2.63. The van der Waals surface area contributed by atoms with Crippen molar-refractivity contribution in [3.8, 4) is 0 Å². The zero-order valence-corrected chi connectivity index (χ0v) is 23.2. The van der Waals surface area contributed by atoms with E-state index in [4.69, 9.17) is 21.1 Å². The molecule has 0 saturated carbocycles. The Kier molecular flexibility index (Phi) is 12.3. The Morgan fingerprint density at radius 3 is 2.05 bits per heavy atom. The lowest BCUT2D eigenvalue weighted by Gasteiger charge is -2.28. The van der Waals surface area contributed by atoms with E-state index in [0.29, 0.717) is 9.88 Å². The molecule has 1 aromatic carbocycles. The molecule has 11 nitrogen and oxygen atoms in total. The first kappa shape index (κ1) is 31.3. The molecule has 0 aliphatic heterocycles. The van der Waals surface area contributed by atoms with E-state index in [1.807, 2.05) is 6.07 Å². The Hall–Kier alpha value is -2.90. The van der Waals surface area contributed by atoms with E-state index in [1.54, 1.807) is 31.2 Å². The molecule has 3 amide bonds. The molecule has 2 aromatic rings. The highest BCUT2D eigenvalue weighted by molar-refractivity contribution is 7.13. The number of carbonyl (C=O) groups is 4. The molecule has 208 valence electrons. The number of benzene rings is 1. The Morgan fingerprint density at radius 2 is 1.55 bits per heavy atom. The van der Waals surface area contributed by atoms with Crippen molar-refractivity contribution < 1.29 is 33.8 Å². The van der Waals surface area contributed by atoms with Gasteiger partial charge in [-0.1, -0.05) is 30.3 Å². The third kappa shape index (κ3) is 9.14. The number of rotatable bonds is 15. The second-order valence-corrected chi connectivity index (χ2v) is 10.3. The minimum absolute atomic E-state index is 0.0860. The molecule has 4 N–H and O–H groups in total. The number of aryl methyl sites for hydroxylation is 1. The highest BCUT2D eigenvalue weighted by Crippen LogP contribution is 2.15. The Balaban J connectivity index is 2.18. The van der Waals surface area contributed by atoms with Crippen LogP contribution < -0.4 is 16.0 Å². The van der Waals surface area contributed by atoms with Gasteiger partial charge >= 0.3 is 0 Å². The molecule has 0 bridgehead atoms. The Labute approximate surface area is 230 Å². The van der Waals surface area contributed by atoms with Crippen LogP contribution >= 0.6 is 22.9 Å². The van der Waals surface area contributed by atoms with Gasteiger partial charge in [0.05, 0.1) is 36.3 Å². The zero-order valence-electron chi connectivity index (χ0n) is 21.7. The van der Waals surface area contributed by atoms with Gasteiger partial charge in [0.1, 0.15) is 22.6 Å². The molecule has 2 unspecified atom stereocenters. The quantitative estimate of drug-likeness (QED) is 0.228. The van der Waals surface area contributed by atoms with Crippen LogP contribution in [-0.2, 0) is 30.3 Å². The van der Waals surface area contributed by atoms with Gasteiger partial charge in [-0.05, 0) is 25.8 Å². The van der Waals surface area contributed by atoms with Crippen LogP contribution in [0.15, 0.2) is 36.5 Å². The van der Waals surface area contributed by atoms with Crippen LogP contribution in [0.3, 0.4) is 0 Å². The molecule has 0 aliphatic carbocycles. The third-order valence-electron chi connectivity index (χ3n) is 5.47. The van der Waals surface area contributed by atoms with Crippen LogP contribution in [0, 0.1) is 6.92 Å². The van der Waals surface area contributed by atoms with Gasteiger partial charge in [-0.15, -0.1) is 22.9 Å². The minimum atomic E-state index is -1.89. The molecule has 0 spiro atoms. The summed E-state index contributed by atoms with van der Waals surface area (Å²) in [5.74, 6) is -2.99. The zero-order chi connectivity index (χ0) is 28.3. The number of carbonyl (C=O) groups excluding carboxylic acids is 4. The van der Waals surface area contributed by atoms with E-state index < -0.39 is 47.2 Å². The van der Waals surface area contributed by atoms with Crippen molar-refractivity contribution >= 4 is 46.4 Å². The number of aromatic nitrogens is 1. The van der Waals surface area contributed by atoms with E-state index in [2.05, 4.69) is 20.9 Å². The fourth-order valence-electron chi connectivity index (χ4n) is 3.44. The molecule has 0 aliphatic rings. The standard InChI is InChI=1S/C25H33ClN4O7S/c1-15-27-11-20(38-15)24(34)30-19(13-37-4)23(33)29-18(12-36-3)22(32)28-17(21(31)25(2,35)14-26)10-16-8-6-5-7-9-16/h5-9,11,17-19,35H,10,12-14H2,1-4H3,(H,28,32)(H,29,33)(H,30,34)/t17-,18?,19?,25+/m0/s1. The minimum Gasteiger partial charge on any atom is -0.382 e. The highest BCUT2D eigenvalue weighted by atomic mass is 35.5. The SMILES string of the molecule is COCC(NC(=O)c1cnc(C)s1)C(=O)NC(COC)C(=O)N[C@@H](Cc1ccccc1)C(=O)[C@](C)(O)CCl. The second-order valence-electron chi connectivity index (χ2n) is 8.76. The van der Waals surface area contributed by atoms with Gasteiger partial charge in [0.15, 0.2) is 5.78 Å². The van der Waals surface area contributed by atoms with Gasteiger partial charge in [-0.3, -0.25) is 19.2 Å². The van der Waals surface area contributed by atoms with Gasteiger partial charge in [-0.25, -0.2) is 4.98 Å². The van der Waals surface area contributed by atoms with E-state index in [-0.39, 0.29) is 25.5 Å². The second kappa shape index (κ2) is 14.9. The maximum absolute atomic E-state index is 13.2. The van der Waals surface area contributed by atoms with Gasteiger partial charge in [0.2, 0.25) is 11.8 Å². The van der Waals surface area contributed by atoms with Crippen LogP contribution in [0.4, 0.5) is 0 Å². The molecule has 1 heterocycles. The molecule has 38 heavy (non-hydrogen) atoms. The van der Waals surface area contributed by atoms with Gasteiger partial charge in [0, 0.05) is 14.2 Å². The lowest BCUT2D eigenvalue weighted by atomic mass is 9.92. The summed E-state index contributed by atoms with van der Waals surface area (Å²) in [6.07, 6.45) is 1.49. The van der Waals surface area contributed by atoms with E-state index in [1.165, 1.54) is 38.7 Å². The van der Waals surface area contributed by atoms with Gasteiger partial charge in [0.25, 0.3) is 5.91 Å². The average molecular weight is 569 g/mol.